The fraction of sp³-hybridized carbons (Fsp3) is 0.667. The van der Waals surface area contributed by atoms with Gasteiger partial charge in [-0.2, -0.15) is 4.31 Å². The third-order valence-corrected chi connectivity index (χ3v) is 8.70. The summed E-state index contributed by atoms with van der Waals surface area (Å²) >= 11 is 0. The number of carbonyl (C=O) groups is 1. The quantitative estimate of drug-likeness (QED) is 0.797. The van der Waals surface area contributed by atoms with Gasteiger partial charge < -0.3 is 4.90 Å². The minimum absolute atomic E-state index is 0.0210. The molecule has 1 aromatic rings. The van der Waals surface area contributed by atoms with Crippen molar-refractivity contribution in [2.24, 2.45) is 17.8 Å². The largest absolute Gasteiger partial charge is 0.342 e. The molecule has 4 rings (SSSR count). The van der Waals surface area contributed by atoms with Gasteiger partial charge in [-0.1, -0.05) is 37.5 Å². The van der Waals surface area contributed by atoms with Crippen LogP contribution in [0.15, 0.2) is 35.2 Å². The lowest BCUT2D eigenvalue weighted by Crippen LogP contribution is -2.49. The van der Waals surface area contributed by atoms with Crippen molar-refractivity contribution in [1.29, 1.82) is 0 Å². The lowest BCUT2D eigenvalue weighted by molar-refractivity contribution is -0.139. The molecule has 0 bridgehead atoms. The van der Waals surface area contributed by atoms with Crippen molar-refractivity contribution < 1.29 is 13.2 Å². The Hall–Kier alpha value is -1.40. The van der Waals surface area contributed by atoms with Crippen LogP contribution in [0.2, 0.25) is 0 Å². The lowest BCUT2D eigenvalue weighted by Gasteiger charge is -2.43. The van der Waals surface area contributed by atoms with E-state index in [1.54, 1.807) is 28.6 Å². The van der Waals surface area contributed by atoms with Crippen LogP contribution in [0.1, 0.15) is 44.9 Å². The fourth-order valence-electron chi connectivity index (χ4n) is 5.14. The van der Waals surface area contributed by atoms with Crippen LogP contribution in [0.5, 0.6) is 0 Å². The van der Waals surface area contributed by atoms with Crippen molar-refractivity contribution in [3.63, 3.8) is 0 Å². The van der Waals surface area contributed by atoms with E-state index in [0.717, 1.165) is 25.4 Å². The number of nitrogens with zero attached hydrogens (tertiary/aromatic N) is 2. The van der Waals surface area contributed by atoms with Gasteiger partial charge in [-0.25, -0.2) is 8.42 Å². The number of rotatable bonds is 3. The molecule has 0 aromatic heterocycles. The molecule has 2 atom stereocenters. The molecule has 3 aliphatic rings. The Bertz CT molecular complexity index is 757. The van der Waals surface area contributed by atoms with Crippen molar-refractivity contribution in [3.8, 4) is 0 Å². The Morgan fingerprint density at radius 1 is 0.852 bits per heavy atom. The van der Waals surface area contributed by atoms with Crippen molar-refractivity contribution in [2.75, 3.05) is 26.2 Å². The molecular formula is C21H30N2O3S. The topological polar surface area (TPSA) is 57.7 Å². The van der Waals surface area contributed by atoms with Crippen LogP contribution in [0.4, 0.5) is 0 Å². The summed E-state index contributed by atoms with van der Waals surface area (Å²) in [5.74, 6) is 1.75. The first-order valence-corrected chi connectivity index (χ1v) is 11.8. The van der Waals surface area contributed by atoms with Crippen LogP contribution in [0.25, 0.3) is 0 Å². The highest BCUT2D eigenvalue weighted by atomic mass is 32.2. The van der Waals surface area contributed by atoms with Gasteiger partial charge in [-0.3, -0.25) is 4.79 Å². The van der Waals surface area contributed by atoms with Crippen LogP contribution in [-0.2, 0) is 14.8 Å². The van der Waals surface area contributed by atoms with Crippen molar-refractivity contribution in [2.45, 2.75) is 49.8 Å². The van der Waals surface area contributed by atoms with E-state index in [4.69, 9.17) is 0 Å². The third kappa shape index (κ3) is 3.92. The summed E-state index contributed by atoms with van der Waals surface area (Å²) in [4.78, 5) is 15.4. The smallest absolute Gasteiger partial charge is 0.243 e. The molecule has 27 heavy (non-hydrogen) atoms. The number of piperidine rings is 2. The average molecular weight is 391 g/mol. The number of hydrogen-bond acceptors (Lipinski definition) is 3. The molecule has 0 N–H and O–H groups in total. The zero-order valence-corrected chi connectivity index (χ0v) is 16.7. The molecule has 0 spiro atoms. The first kappa shape index (κ1) is 18.9. The summed E-state index contributed by atoms with van der Waals surface area (Å²) in [5.41, 5.74) is 0. The molecule has 1 aromatic carbocycles. The monoisotopic (exact) mass is 390 g/mol. The maximum atomic E-state index is 13.0. The number of likely N-dealkylation sites (tertiary alicyclic amines) is 1. The Balaban J connectivity index is 1.34. The van der Waals surface area contributed by atoms with Gasteiger partial charge in [-0.15, -0.1) is 0 Å². The standard InChI is InChI=1S/C21H30N2O3S/c24-21(22-13-10-17-6-4-5-7-19(17)16-22)18-11-14-23(15-12-18)27(25,26)20-8-2-1-3-9-20/h1-3,8-9,17-19H,4-7,10-16H2/t17-,19-/m0/s1. The Kier molecular flexibility index (Phi) is 5.55. The molecule has 148 valence electrons. The van der Waals surface area contributed by atoms with E-state index < -0.39 is 10.0 Å². The summed E-state index contributed by atoms with van der Waals surface area (Å²) in [5, 5.41) is 0. The Labute approximate surface area is 162 Å². The minimum Gasteiger partial charge on any atom is -0.342 e. The van der Waals surface area contributed by atoms with Gasteiger partial charge >= 0.3 is 0 Å². The highest BCUT2D eigenvalue weighted by Gasteiger charge is 2.37. The van der Waals surface area contributed by atoms with Crippen molar-refractivity contribution >= 4 is 15.9 Å². The van der Waals surface area contributed by atoms with E-state index in [-0.39, 0.29) is 11.8 Å². The molecule has 2 saturated heterocycles. The number of hydrogen-bond donors (Lipinski definition) is 0. The molecule has 6 heteroatoms. The number of amides is 1. The van der Waals surface area contributed by atoms with Gasteiger partial charge in [-0.05, 0) is 49.7 Å². The second-order valence-corrected chi connectivity index (χ2v) is 10.3. The molecule has 3 fully saturated rings. The number of fused-ring (bicyclic) bond motifs is 1. The third-order valence-electron chi connectivity index (χ3n) is 6.79. The van der Waals surface area contributed by atoms with Crippen LogP contribution in [0.3, 0.4) is 0 Å². The Morgan fingerprint density at radius 2 is 1.52 bits per heavy atom. The molecule has 2 heterocycles. The van der Waals surface area contributed by atoms with E-state index in [9.17, 15) is 13.2 Å². The first-order chi connectivity index (χ1) is 13.1. The second kappa shape index (κ2) is 7.92. The fourth-order valence-corrected chi connectivity index (χ4v) is 6.63. The lowest BCUT2D eigenvalue weighted by atomic mass is 9.75. The number of benzene rings is 1. The maximum absolute atomic E-state index is 13.0. The number of carbonyl (C=O) groups excluding carboxylic acids is 1. The van der Waals surface area contributed by atoms with Gasteiger partial charge in [0.25, 0.3) is 0 Å². The van der Waals surface area contributed by atoms with Crippen molar-refractivity contribution in [3.05, 3.63) is 30.3 Å². The van der Waals surface area contributed by atoms with Crippen LogP contribution in [0, 0.1) is 17.8 Å². The van der Waals surface area contributed by atoms with E-state index in [1.165, 1.54) is 25.7 Å². The highest BCUT2D eigenvalue weighted by Crippen LogP contribution is 2.37. The van der Waals surface area contributed by atoms with Gasteiger partial charge in [0, 0.05) is 32.1 Å². The summed E-state index contributed by atoms with van der Waals surface area (Å²) in [6.07, 6.45) is 7.68. The predicted octanol–water partition coefficient (Wildman–Crippen LogP) is 3.13. The van der Waals surface area contributed by atoms with E-state index in [2.05, 4.69) is 4.90 Å². The highest BCUT2D eigenvalue weighted by molar-refractivity contribution is 7.89. The summed E-state index contributed by atoms with van der Waals surface area (Å²) in [7, 11) is -3.44. The SMILES string of the molecule is O=C(C1CCN(S(=O)(=O)c2ccccc2)CC1)N1CC[C@@H]2CCCC[C@H]2C1. The van der Waals surface area contributed by atoms with Gasteiger partial charge in [0.2, 0.25) is 15.9 Å². The van der Waals surface area contributed by atoms with Gasteiger partial charge in [0.1, 0.15) is 0 Å². The van der Waals surface area contributed by atoms with Crippen molar-refractivity contribution in [1.82, 2.24) is 9.21 Å². The number of sulfonamides is 1. The maximum Gasteiger partial charge on any atom is 0.243 e. The normalized spacial score (nSPS) is 27.9. The predicted molar refractivity (Wildman–Crippen MR) is 105 cm³/mol. The van der Waals surface area contributed by atoms with E-state index in [1.807, 2.05) is 6.07 Å². The summed E-state index contributed by atoms with van der Waals surface area (Å²) in [6, 6.07) is 8.59. The zero-order valence-electron chi connectivity index (χ0n) is 15.9. The van der Waals surface area contributed by atoms with E-state index in [0.29, 0.717) is 36.7 Å². The molecule has 1 saturated carbocycles. The zero-order chi connectivity index (χ0) is 18.9. The summed E-state index contributed by atoms with van der Waals surface area (Å²) < 4.78 is 27.0. The minimum atomic E-state index is -3.44. The van der Waals surface area contributed by atoms with Gasteiger partial charge in [0.05, 0.1) is 4.90 Å². The first-order valence-electron chi connectivity index (χ1n) is 10.4. The second-order valence-electron chi connectivity index (χ2n) is 8.37. The average Bonchev–Trinajstić information content (AvgIpc) is 2.73. The summed E-state index contributed by atoms with van der Waals surface area (Å²) in [6.45, 7) is 2.69. The molecule has 0 radical (unpaired) electrons. The molecular weight excluding hydrogens is 360 g/mol. The molecule has 1 aliphatic carbocycles. The van der Waals surface area contributed by atoms with Crippen LogP contribution in [-0.4, -0.2) is 49.7 Å². The van der Waals surface area contributed by atoms with E-state index >= 15 is 0 Å². The molecule has 2 aliphatic heterocycles. The van der Waals surface area contributed by atoms with Crippen LogP contribution >= 0.6 is 0 Å². The molecule has 0 unspecified atom stereocenters. The van der Waals surface area contributed by atoms with Gasteiger partial charge in [0.15, 0.2) is 0 Å². The molecule has 5 nitrogen and oxygen atoms in total. The molecule has 1 amide bonds. The Morgan fingerprint density at radius 3 is 2.22 bits per heavy atom. The van der Waals surface area contributed by atoms with Crippen LogP contribution < -0.4 is 0 Å².